The number of carbonyl (C=O) groups excluding carboxylic acids is 4. The van der Waals surface area contributed by atoms with Gasteiger partial charge in [0.25, 0.3) is 11.8 Å². The molecule has 1 heterocycles. The second-order valence-electron chi connectivity index (χ2n) is 10.6. The van der Waals surface area contributed by atoms with Gasteiger partial charge in [-0.15, -0.1) is 23.1 Å². The highest BCUT2D eigenvalue weighted by Gasteiger charge is 2.30. The minimum absolute atomic E-state index is 0.131. The topological polar surface area (TPSA) is 114 Å². The summed E-state index contributed by atoms with van der Waals surface area (Å²) >= 11 is 2.32. The molecule has 0 aliphatic rings. The molecule has 0 spiro atoms. The molecule has 0 saturated heterocycles. The molecule has 8 nitrogen and oxygen atoms in total. The Morgan fingerprint density at radius 2 is 1.40 bits per heavy atom. The van der Waals surface area contributed by atoms with Gasteiger partial charge in [-0.1, -0.05) is 72.3 Å². The lowest BCUT2D eigenvalue weighted by atomic mass is 10.1. The van der Waals surface area contributed by atoms with E-state index >= 15 is 0 Å². The maximum atomic E-state index is 14.1. The maximum Gasteiger partial charge on any atom is 0.341 e. The van der Waals surface area contributed by atoms with Crippen molar-refractivity contribution in [3.8, 4) is 0 Å². The van der Waals surface area contributed by atoms with Crippen LogP contribution in [-0.2, 0) is 9.53 Å². The fourth-order valence-corrected chi connectivity index (χ4v) is 7.00. The second kappa shape index (κ2) is 15.4. The van der Waals surface area contributed by atoms with Crippen LogP contribution in [0.1, 0.15) is 59.3 Å². The molecule has 1 atom stereocenters. The van der Waals surface area contributed by atoms with Crippen LogP contribution in [0.15, 0.2) is 114 Å². The number of para-hydroxylation sites is 1. The molecule has 0 aliphatic heterocycles. The minimum atomic E-state index is -0.738. The van der Waals surface area contributed by atoms with E-state index in [0.717, 1.165) is 27.4 Å². The number of carbonyl (C=O) groups is 4. The highest BCUT2D eigenvalue weighted by Crippen LogP contribution is 2.40. The monoisotopic (exact) mass is 663 g/mol. The molecule has 1 unspecified atom stereocenters. The van der Waals surface area contributed by atoms with Crippen LogP contribution in [0.2, 0.25) is 0 Å². The summed E-state index contributed by atoms with van der Waals surface area (Å²) in [5, 5.41) is 8.20. The van der Waals surface area contributed by atoms with Crippen molar-refractivity contribution in [3.05, 3.63) is 142 Å². The van der Waals surface area contributed by atoms with Gasteiger partial charge in [-0.25, -0.2) is 4.79 Å². The molecule has 0 saturated carbocycles. The van der Waals surface area contributed by atoms with Crippen LogP contribution in [0.25, 0.3) is 0 Å². The standard InChI is InChI=1S/C37H33N3O5S2/c1-4-45-37(44)30-24(3)31(34(42)38-27-17-9-6-10-18-27)47-36(30)40-35(43)32(25-14-7-5-8-15-25)46-29-20-12-19-28(22-29)39-33(41)26-16-11-13-23(2)21-26/h5-22,32H,4H2,1-3H3,(H,38,42)(H,39,41)(H,40,43). The predicted molar refractivity (Wildman–Crippen MR) is 189 cm³/mol. The van der Waals surface area contributed by atoms with Crippen molar-refractivity contribution in [3.63, 3.8) is 0 Å². The zero-order valence-corrected chi connectivity index (χ0v) is 27.7. The van der Waals surface area contributed by atoms with Gasteiger partial charge in [-0.3, -0.25) is 14.4 Å². The van der Waals surface area contributed by atoms with Crippen molar-refractivity contribution >= 4 is 63.2 Å². The summed E-state index contributed by atoms with van der Waals surface area (Å²) in [4.78, 5) is 54.4. The molecule has 3 N–H and O–H groups in total. The average Bonchev–Trinajstić information content (AvgIpc) is 3.40. The number of anilines is 3. The number of hydrogen-bond acceptors (Lipinski definition) is 7. The van der Waals surface area contributed by atoms with E-state index in [2.05, 4.69) is 16.0 Å². The first-order chi connectivity index (χ1) is 22.7. The van der Waals surface area contributed by atoms with Crippen LogP contribution in [0.5, 0.6) is 0 Å². The minimum Gasteiger partial charge on any atom is -0.462 e. The number of hydrogen-bond donors (Lipinski definition) is 3. The fraction of sp³-hybridized carbons (Fsp3) is 0.135. The number of aryl methyl sites for hydroxylation is 1. The summed E-state index contributed by atoms with van der Waals surface area (Å²) in [5.74, 6) is -1.66. The third-order valence-electron chi connectivity index (χ3n) is 7.07. The number of ether oxygens (including phenoxy) is 1. The van der Waals surface area contributed by atoms with E-state index < -0.39 is 23.0 Å². The third-order valence-corrected chi connectivity index (χ3v) is 9.52. The number of esters is 1. The van der Waals surface area contributed by atoms with Crippen LogP contribution >= 0.6 is 23.1 Å². The average molecular weight is 664 g/mol. The Kier molecular flexibility index (Phi) is 10.9. The first-order valence-corrected chi connectivity index (χ1v) is 16.6. The zero-order chi connectivity index (χ0) is 33.3. The molecule has 4 aromatic carbocycles. The Hall–Kier alpha value is -5.19. The van der Waals surface area contributed by atoms with Crippen molar-refractivity contribution in [2.45, 2.75) is 30.9 Å². The number of thioether (sulfide) groups is 1. The van der Waals surface area contributed by atoms with Gasteiger partial charge in [-0.05, 0) is 74.4 Å². The van der Waals surface area contributed by atoms with Crippen LogP contribution < -0.4 is 16.0 Å². The SMILES string of the molecule is CCOC(=O)c1c(NC(=O)C(Sc2cccc(NC(=O)c3cccc(C)c3)c2)c2ccccc2)sc(C(=O)Nc2ccccc2)c1C. The van der Waals surface area contributed by atoms with Crippen molar-refractivity contribution in [2.75, 3.05) is 22.6 Å². The van der Waals surface area contributed by atoms with E-state index in [1.807, 2.05) is 91.9 Å². The molecule has 0 radical (unpaired) electrons. The normalized spacial score (nSPS) is 11.3. The first-order valence-electron chi connectivity index (χ1n) is 14.9. The molecule has 0 fully saturated rings. The highest BCUT2D eigenvalue weighted by molar-refractivity contribution is 8.00. The summed E-state index contributed by atoms with van der Waals surface area (Å²) in [6, 6.07) is 32.9. The Morgan fingerprint density at radius 1 is 0.745 bits per heavy atom. The lowest BCUT2D eigenvalue weighted by molar-refractivity contribution is -0.115. The lowest BCUT2D eigenvalue weighted by Crippen LogP contribution is -2.20. The van der Waals surface area contributed by atoms with Gasteiger partial charge >= 0.3 is 5.97 Å². The third kappa shape index (κ3) is 8.35. The molecule has 47 heavy (non-hydrogen) atoms. The quantitative estimate of drug-likeness (QED) is 0.0965. The van der Waals surface area contributed by atoms with Gasteiger partial charge in [0.1, 0.15) is 10.3 Å². The van der Waals surface area contributed by atoms with E-state index in [1.165, 1.54) is 11.8 Å². The van der Waals surface area contributed by atoms with Gasteiger partial charge in [-0.2, -0.15) is 0 Å². The molecule has 10 heteroatoms. The largest absolute Gasteiger partial charge is 0.462 e. The van der Waals surface area contributed by atoms with Crippen LogP contribution in [0, 0.1) is 13.8 Å². The Morgan fingerprint density at radius 3 is 2.11 bits per heavy atom. The van der Waals surface area contributed by atoms with E-state index in [9.17, 15) is 19.2 Å². The van der Waals surface area contributed by atoms with Crippen LogP contribution in [0.4, 0.5) is 16.4 Å². The zero-order valence-electron chi connectivity index (χ0n) is 26.0. The Labute approximate surface area is 281 Å². The smallest absolute Gasteiger partial charge is 0.341 e. The van der Waals surface area contributed by atoms with Crippen LogP contribution in [-0.4, -0.2) is 30.3 Å². The number of amides is 3. The molecule has 3 amide bonds. The number of benzene rings is 4. The molecule has 5 aromatic rings. The van der Waals surface area contributed by atoms with Gasteiger partial charge in [0, 0.05) is 21.8 Å². The predicted octanol–water partition coefficient (Wildman–Crippen LogP) is 8.52. The fourth-order valence-electron chi connectivity index (χ4n) is 4.83. The van der Waals surface area contributed by atoms with Gasteiger partial charge < -0.3 is 20.7 Å². The van der Waals surface area contributed by atoms with E-state index in [-0.39, 0.29) is 28.0 Å². The summed E-state index contributed by atoms with van der Waals surface area (Å²) in [5.41, 5.74) is 4.00. The molecule has 5 rings (SSSR count). The number of thiophene rings is 1. The van der Waals surface area contributed by atoms with E-state index in [4.69, 9.17) is 4.74 Å². The Balaban J connectivity index is 1.42. The molecule has 0 bridgehead atoms. The lowest BCUT2D eigenvalue weighted by Gasteiger charge is -2.18. The van der Waals surface area contributed by atoms with Crippen molar-refractivity contribution in [1.82, 2.24) is 0 Å². The van der Waals surface area contributed by atoms with Crippen molar-refractivity contribution < 1.29 is 23.9 Å². The van der Waals surface area contributed by atoms with Crippen LogP contribution in [0.3, 0.4) is 0 Å². The maximum absolute atomic E-state index is 14.1. The molecule has 0 aliphatic carbocycles. The van der Waals surface area contributed by atoms with E-state index in [0.29, 0.717) is 22.5 Å². The molecular formula is C37H33N3O5S2. The Bertz CT molecular complexity index is 1910. The first kappa shape index (κ1) is 33.2. The number of nitrogens with one attached hydrogen (secondary N) is 3. The van der Waals surface area contributed by atoms with Crippen molar-refractivity contribution in [2.24, 2.45) is 0 Å². The van der Waals surface area contributed by atoms with Gasteiger partial charge in [0.15, 0.2) is 0 Å². The number of rotatable bonds is 11. The van der Waals surface area contributed by atoms with Gasteiger partial charge in [0.2, 0.25) is 5.91 Å². The molecule has 238 valence electrons. The molecular weight excluding hydrogens is 631 g/mol. The highest BCUT2D eigenvalue weighted by atomic mass is 32.2. The summed E-state index contributed by atoms with van der Waals surface area (Å²) in [6.45, 7) is 5.42. The van der Waals surface area contributed by atoms with E-state index in [1.54, 1.807) is 38.1 Å². The summed E-state index contributed by atoms with van der Waals surface area (Å²) in [7, 11) is 0. The van der Waals surface area contributed by atoms with Gasteiger partial charge in [0.05, 0.1) is 17.0 Å². The summed E-state index contributed by atoms with van der Waals surface area (Å²) < 4.78 is 5.31. The second-order valence-corrected chi connectivity index (χ2v) is 12.7. The summed E-state index contributed by atoms with van der Waals surface area (Å²) in [6.07, 6.45) is 0. The molecule has 1 aromatic heterocycles. The van der Waals surface area contributed by atoms with Crippen molar-refractivity contribution in [1.29, 1.82) is 0 Å².